The first-order chi connectivity index (χ1) is 14.0. The summed E-state index contributed by atoms with van der Waals surface area (Å²) >= 11 is 0. The van der Waals surface area contributed by atoms with Gasteiger partial charge in [0.1, 0.15) is 18.0 Å². The molecule has 1 aliphatic rings. The van der Waals surface area contributed by atoms with E-state index in [9.17, 15) is 9.18 Å². The van der Waals surface area contributed by atoms with E-state index in [-0.39, 0.29) is 12.5 Å². The Morgan fingerprint density at radius 1 is 1.45 bits per heavy atom. The van der Waals surface area contributed by atoms with E-state index < -0.39 is 12.2 Å². The molecule has 1 amide bonds. The van der Waals surface area contributed by atoms with Crippen LogP contribution in [0.1, 0.15) is 17.5 Å². The quantitative estimate of drug-likeness (QED) is 0.693. The topological polar surface area (TPSA) is 108 Å². The Hall–Kier alpha value is -3.44. The summed E-state index contributed by atoms with van der Waals surface area (Å²) in [6.07, 6.45) is 3.01. The molecule has 29 heavy (non-hydrogen) atoms. The molecule has 0 radical (unpaired) electrons. The Kier molecular flexibility index (Phi) is 5.14. The minimum Gasteiger partial charge on any atom is -0.439 e. The van der Waals surface area contributed by atoms with Gasteiger partial charge in [-0.25, -0.2) is 9.37 Å². The van der Waals surface area contributed by atoms with E-state index in [1.807, 2.05) is 24.4 Å². The fourth-order valence-corrected chi connectivity index (χ4v) is 3.49. The average Bonchev–Trinajstić information content (AvgIpc) is 3.34. The molecule has 1 fully saturated rings. The molecule has 3 heterocycles. The van der Waals surface area contributed by atoms with E-state index >= 15 is 0 Å². The minimum atomic E-state index is -0.963. The Morgan fingerprint density at radius 3 is 3.00 bits per heavy atom. The number of nitrogens with one attached hydrogen (secondary N) is 1. The number of aromatic nitrogens is 2. The lowest BCUT2D eigenvalue weighted by atomic mass is 10.0. The number of halogens is 1. The van der Waals surface area contributed by atoms with Gasteiger partial charge in [-0.3, -0.25) is 4.79 Å². The second kappa shape index (κ2) is 7.89. The maximum atomic E-state index is 13.4. The van der Waals surface area contributed by atoms with Crippen LogP contribution in [0.5, 0.6) is 11.6 Å². The molecule has 2 unspecified atom stereocenters. The van der Waals surface area contributed by atoms with Crippen molar-refractivity contribution in [2.75, 3.05) is 13.1 Å². The molecule has 0 saturated carbocycles. The average molecular weight is 393 g/mol. The maximum absolute atomic E-state index is 13.4. The Labute approximate surface area is 166 Å². The molecule has 0 aliphatic carbocycles. The fourth-order valence-electron chi connectivity index (χ4n) is 3.49. The van der Waals surface area contributed by atoms with Gasteiger partial charge in [0.25, 0.3) is 0 Å². The zero-order chi connectivity index (χ0) is 20.4. The molecule has 8 heteroatoms. The maximum Gasteiger partial charge on any atom is 0.239 e. The van der Waals surface area contributed by atoms with Crippen LogP contribution in [0.3, 0.4) is 0 Å². The second-order valence-corrected chi connectivity index (χ2v) is 7.10. The van der Waals surface area contributed by atoms with E-state index in [0.717, 1.165) is 16.5 Å². The normalized spacial score (nSPS) is 17.3. The second-order valence-electron chi connectivity index (χ2n) is 7.10. The lowest BCUT2D eigenvalue weighted by Gasteiger charge is -2.20. The first-order valence-corrected chi connectivity index (χ1v) is 9.36. The van der Waals surface area contributed by atoms with Crippen molar-refractivity contribution in [2.24, 2.45) is 5.73 Å². The van der Waals surface area contributed by atoms with Gasteiger partial charge in [0.05, 0.1) is 18.2 Å². The third-order valence-electron chi connectivity index (χ3n) is 5.03. The third kappa shape index (κ3) is 4.05. The van der Waals surface area contributed by atoms with Crippen LogP contribution in [0.25, 0.3) is 10.9 Å². The van der Waals surface area contributed by atoms with Crippen molar-refractivity contribution in [2.45, 2.75) is 25.1 Å². The molecule has 1 aliphatic heterocycles. The van der Waals surface area contributed by atoms with Gasteiger partial charge in [0, 0.05) is 35.9 Å². The van der Waals surface area contributed by atoms with Crippen LogP contribution in [0, 0.1) is 11.3 Å². The molecular weight excluding hydrogens is 373 g/mol. The van der Waals surface area contributed by atoms with Crippen LogP contribution in [0.2, 0.25) is 0 Å². The van der Waals surface area contributed by atoms with Crippen LogP contribution >= 0.6 is 0 Å². The molecule has 3 N–H and O–H groups in total. The van der Waals surface area contributed by atoms with Crippen molar-refractivity contribution in [1.29, 1.82) is 5.26 Å². The van der Waals surface area contributed by atoms with E-state index in [1.165, 1.54) is 11.1 Å². The van der Waals surface area contributed by atoms with Crippen LogP contribution in [-0.4, -0.2) is 46.1 Å². The zero-order valence-electron chi connectivity index (χ0n) is 15.6. The van der Waals surface area contributed by atoms with Crippen LogP contribution in [-0.2, 0) is 11.2 Å². The highest BCUT2D eigenvalue weighted by atomic mass is 19.1. The first kappa shape index (κ1) is 18.9. The molecule has 2 atom stereocenters. The van der Waals surface area contributed by atoms with Crippen LogP contribution < -0.4 is 10.5 Å². The number of nitrogens with zero attached hydrogens (tertiary/aromatic N) is 3. The predicted octanol–water partition coefficient (Wildman–Crippen LogP) is 2.67. The number of pyridine rings is 1. The summed E-state index contributed by atoms with van der Waals surface area (Å²) in [5, 5.41) is 9.74. The van der Waals surface area contributed by atoms with Crippen molar-refractivity contribution < 1.29 is 13.9 Å². The van der Waals surface area contributed by atoms with Crippen molar-refractivity contribution >= 4 is 16.8 Å². The SMILES string of the molecule is N#Cc1ccc(Oc2ccc3[nH]cc(CC(N)C(=O)N4CCC(F)C4)c3c2)nc1. The number of carbonyl (C=O) groups is 1. The number of benzene rings is 1. The van der Waals surface area contributed by atoms with E-state index in [1.54, 1.807) is 18.2 Å². The lowest BCUT2D eigenvalue weighted by Crippen LogP contribution is -2.44. The van der Waals surface area contributed by atoms with Gasteiger partial charge in [0.15, 0.2) is 0 Å². The summed E-state index contributed by atoms with van der Waals surface area (Å²) in [5.41, 5.74) is 8.35. The third-order valence-corrected chi connectivity index (χ3v) is 5.03. The number of hydrogen-bond acceptors (Lipinski definition) is 5. The molecular formula is C21H20FN5O2. The van der Waals surface area contributed by atoms with Gasteiger partial charge in [-0.1, -0.05) is 0 Å². The number of nitriles is 1. The van der Waals surface area contributed by atoms with Gasteiger partial charge in [-0.05, 0) is 42.7 Å². The molecule has 1 saturated heterocycles. The highest BCUT2D eigenvalue weighted by Gasteiger charge is 2.29. The Morgan fingerprint density at radius 2 is 2.31 bits per heavy atom. The Bertz CT molecular complexity index is 1070. The summed E-state index contributed by atoms with van der Waals surface area (Å²) in [5.74, 6) is 0.728. The van der Waals surface area contributed by atoms with E-state index in [2.05, 4.69) is 9.97 Å². The Balaban J connectivity index is 1.50. The first-order valence-electron chi connectivity index (χ1n) is 9.36. The lowest BCUT2D eigenvalue weighted by molar-refractivity contribution is -0.131. The van der Waals surface area contributed by atoms with E-state index in [4.69, 9.17) is 15.7 Å². The molecule has 0 bridgehead atoms. The van der Waals surface area contributed by atoms with Crippen molar-refractivity contribution in [3.63, 3.8) is 0 Å². The summed E-state index contributed by atoms with van der Waals surface area (Å²) in [6, 6.07) is 10.1. The van der Waals surface area contributed by atoms with Crippen molar-refractivity contribution in [1.82, 2.24) is 14.9 Å². The van der Waals surface area contributed by atoms with Gasteiger partial charge >= 0.3 is 0 Å². The van der Waals surface area contributed by atoms with Gasteiger partial charge in [-0.2, -0.15) is 5.26 Å². The van der Waals surface area contributed by atoms with E-state index in [0.29, 0.717) is 36.6 Å². The highest BCUT2D eigenvalue weighted by Crippen LogP contribution is 2.27. The summed E-state index contributed by atoms with van der Waals surface area (Å²) in [7, 11) is 0. The van der Waals surface area contributed by atoms with Gasteiger partial charge in [-0.15, -0.1) is 0 Å². The smallest absolute Gasteiger partial charge is 0.239 e. The number of carbonyl (C=O) groups excluding carboxylic acids is 1. The predicted molar refractivity (Wildman–Crippen MR) is 105 cm³/mol. The standard InChI is InChI=1S/C21H20FN5O2/c22-15-5-6-27(12-15)21(28)18(24)7-14-11-25-19-3-2-16(8-17(14)19)29-20-4-1-13(9-23)10-26-20/h1-4,8,10-11,15,18,25H,5-7,12,24H2. The van der Waals surface area contributed by atoms with Crippen molar-refractivity contribution in [3.05, 3.63) is 53.9 Å². The number of H-pyrrole nitrogens is 1. The number of rotatable bonds is 5. The number of fused-ring (bicyclic) bond motifs is 1. The summed E-state index contributed by atoms with van der Waals surface area (Å²) < 4.78 is 19.1. The number of ether oxygens (including phenoxy) is 1. The molecule has 2 aromatic heterocycles. The largest absolute Gasteiger partial charge is 0.439 e. The fraction of sp³-hybridized carbons (Fsp3) is 0.286. The summed E-state index contributed by atoms with van der Waals surface area (Å²) in [6.45, 7) is 0.535. The van der Waals surface area contributed by atoms with Crippen LogP contribution in [0.15, 0.2) is 42.7 Å². The molecule has 1 aromatic carbocycles. The van der Waals surface area contributed by atoms with Crippen LogP contribution in [0.4, 0.5) is 4.39 Å². The molecule has 3 aromatic rings. The zero-order valence-corrected chi connectivity index (χ0v) is 15.6. The number of aromatic amines is 1. The number of likely N-dealkylation sites (tertiary alicyclic amines) is 1. The van der Waals surface area contributed by atoms with Gasteiger partial charge in [0.2, 0.25) is 11.8 Å². The van der Waals surface area contributed by atoms with Gasteiger partial charge < -0.3 is 20.4 Å². The molecule has 0 spiro atoms. The number of amides is 1. The summed E-state index contributed by atoms with van der Waals surface area (Å²) in [4.78, 5) is 21.2. The monoisotopic (exact) mass is 393 g/mol. The molecule has 7 nitrogen and oxygen atoms in total. The molecule has 148 valence electrons. The van der Waals surface area contributed by atoms with Crippen molar-refractivity contribution in [3.8, 4) is 17.7 Å². The number of alkyl halides is 1. The highest BCUT2D eigenvalue weighted by molar-refractivity contribution is 5.87. The minimum absolute atomic E-state index is 0.121. The molecule has 4 rings (SSSR count). The number of hydrogen-bond donors (Lipinski definition) is 2. The number of nitrogens with two attached hydrogens (primary N) is 1.